The topological polar surface area (TPSA) is 23.5 Å². The highest BCUT2D eigenvalue weighted by Crippen LogP contribution is 2.34. The lowest BCUT2D eigenvalue weighted by atomic mass is 9.77. The van der Waals surface area contributed by atoms with Gasteiger partial charge >= 0.3 is 0 Å². The fourth-order valence-corrected chi connectivity index (χ4v) is 4.38. The van der Waals surface area contributed by atoms with Gasteiger partial charge in [0, 0.05) is 6.04 Å². The van der Waals surface area contributed by atoms with Crippen molar-refractivity contribution in [3.8, 4) is 0 Å². The molecule has 1 saturated carbocycles. The Labute approximate surface area is 125 Å². The molecule has 1 aliphatic heterocycles. The van der Waals surface area contributed by atoms with Crippen LogP contribution < -0.4 is 0 Å². The van der Waals surface area contributed by atoms with Crippen molar-refractivity contribution < 1.29 is 5.11 Å². The highest BCUT2D eigenvalue weighted by Gasteiger charge is 2.35. The van der Waals surface area contributed by atoms with Crippen molar-refractivity contribution in [3.63, 3.8) is 0 Å². The molecule has 4 atom stereocenters. The summed E-state index contributed by atoms with van der Waals surface area (Å²) in [6.07, 6.45) is 10.2. The lowest BCUT2D eigenvalue weighted by Crippen LogP contribution is -2.48. The van der Waals surface area contributed by atoms with Gasteiger partial charge < -0.3 is 5.11 Å². The number of hydrogen-bond acceptors (Lipinski definition) is 2. The van der Waals surface area contributed by atoms with Gasteiger partial charge in [-0.05, 0) is 69.4 Å². The van der Waals surface area contributed by atoms with Gasteiger partial charge in [-0.1, -0.05) is 33.6 Å². The van der Waals surface area contributed by atoms with Gasteiger partial charge in [-0.2, -0.15) is 0 Å². The molecule has 2 rings (SSSR count). The number of likely N-dealkylation sites (tertiary alicyclic amines) is 1. The summed E-state index contributed by atoms with van der Waals surface area (Å²) in [6.45, 7) is 9.43. The third-order valence-electron chi connectivity index (χ3n) is 5.81. The van der Waals surface area contributed by atoms with Crippen LogP contribution in [0.25, 0.3) is 0 Å². The van der Waals surface area contributed by atoms with Crippen molar-refractivity contribution in [1.82, 2.24) is 4.90 Å². The molecule has 20 heavy (non-hydrogen) atoms. The van der Waals surface area contributed by atoms with Crippen LogP contribution in [-0.2, 0) is 0 Å². The van der Waals surface area contributed by atoms with Gasteiger partial charge in [0.15, 0.2) is 0 Å². The summed E-state index contributed by atoms with van der Waals surface area (Å²) in [4.78, 5) is 2.63. The molecule has 0 radical (unpaired) electrons. The number of rotatable bonds is 4. The summed E-state index contributed by atoms with van der Waals surface area (Å²) < 4.78 is 0. The molecule has 2 heteroatoms. The molecule has 118 valence electrons. The van der Waals surface area contributed by atoms with E-state index in [0.29, 0.717) is 6.04 Å². The van der Waals surface area contributed by atoms with E-state index in [1.165, 1.54) is 58.0 Å². The molecule has 2 aliphatic rings. The second kappa shape index (κ2) is 7.79. The summed E-state index contributed by atoms with van der Waals surface area (Å²) in [7, 11) is 0. The van der Waals surface area contributed by atoms with Crippen LogP contribution in [0, 0.1) is 17.8 Å². The Hall–Kier alpha value is -0.0800. The van der Waals surface area contributed by atoms with Gasteiger partial charge in [0.25, 0.3) is 0 Å². The van der Waals surface area contributed by atoms with Crippen molar-refractivity contribution in [2.75, 3.05) is 13.1 Å². The predicted molar refractivity (Wildman–Crippen MR) is 85.8 cm³/mol. The van der Waals surface area contributed by atoms with Crippen LogP contribution in [0.4, 0.5) is 0 Å². The van der Waals surface area contributed by atoms with E-state index in [0.717, 1.165) is 24.2 Å². The maximum absolute atomic E-state index is 10.4. The summed E-state index contributed by atoms with van der Waals surface area (Å²) in [6, 6.07) is 0.441. The number of aliphatic hydroxyl groups excluding tert-OH is 1. The zero-order valence-corrected chi connectivity index (χ0v) is 13.9. The van der Waals surface area contributed by atoms with Crippen LogP contribution in [-0.4, -0.2) is 35.2 Å². The molecule has 0 amide bonds. The van der Waals surface area contributed by atoms with Gasteiger partial charge in [-0.25, -0.2) is 0 Å². The first-order valence-corrected chi connectivity index (χ1v) is 9.04. The molecular weight excluding hydrogens is 246 g/mol. The minimum Gasteiger partial charge on any atom is -0.391 e. The molecule has 0 aromatic rings. The number of hydrogen-bond donors (Lipinski definition) is 1. The highest BCUT2D eigenvalue weighted by molar-refractivity contribution is 4.89. The Morgan fingerprint density at radius 3 is 2.60 bits per heavy atom. The minimum atomic E-state index is -0.0762. The monoisotopic (exact) mass is 281 g/mol. The zero-order chi connectivity index (χ0) is 14.5. The summed E-state index contributed by atoms with van der Waals surface area (Å²) in [5, 5.41) is 10.4. The van der Waals surface area contributed by atoms with E-state index in [9.17, 15) is 5.11 Å². The second-order valence-corrected chi connectivity index (χ2v) is 7.57. The molecule has 1 aliphatic carbocycles. The van der Waals surface area contributed by atoms with Gasteiger partial charge in [0.2, 0.25) is 0 Å². The predicted octanol–water partition coefficient (Wildman–Crippen LogP) is 4.07. The average Bonchev–Trinajstić information content (AvgIpc) is 2.65. The first kappa shape index (κ1) is 16.3. The van der Waals surface area contributed by atoms with Crippen LogP contribution >= 0.6 is 0 Å². The zero-order valence-electron chi connectivity index (χ0n) is 13.9. The SMILES string of the molecule is CCCC1CCCN(C2CC(C(C)C)CCC2O)CC1. The Kier molecular flexibility index (Phi) is 6.35. The summed E-state index contributed by atoms with van der Waals surface area (Å²) in [5.41, 5.74) is 0. The van der Waals surface area contributed by atoms with Gasteiger partial charge in [0.05, 0.1) is 6.10 Å². The average molecular weight is 281 g/mol. The highest BCUT2D eigenvalue weighted by atomic mass is 16.3. The van der Waals surface area contributed by atoms with E-state index in [2.05, 4.69) is 25.7 Å². The fraction of sp³-hybridized carbons (Fsp3) is 1.00. The van der Waals surface area contributed by atoms with E-state index in [1.54, 1.807) is 0 Å². The van der Waals surface area contributed by atoms with Crippen LogP contribution in [0.3, 0.4) is 0 Å². The minimum absolute atomic E-state index is 0.0762. The smallest absolute Gasteiger partial charge is 0.0695 e. The van der Waals surface area contributed by atoms with Crippen LogP contribution in [0.1, 0.15) is 72.1 Å². The number of aliphatic hydroxyl groups is 1. The van der Waals surface area contributed by atoms with Crippen molar-refractivity contribution >= 4 is 0 Å². The van der Waals surface area contributed by atoms with Crippen molar-refractivity contribution in [3.05, 3.63) is 0 Å². The molecule has 1 heterocycles. The molecule has 0 spiro atoms. The Morgan fingerprint density at radius 2 is 1.90 bits per heavy atom. The summed E-state index contributed by atoms with van der Waals surface area (Å²) >= 11 is 0. The van der Waals surface area contributed by atoms with Crippen molar-refractivity contribution in [2.24, 2.45) is 17.8 Å². The van der Waals surface area contributed by atoms with Crippen molar-refractivity contribution in [2.45, 2.75) is 84.3 Å². The molecule has 2 nitrogen and oxygen atoms in total. The van der Waals surface area contributed by atoms with Crippen molar-refractivity contribution in [1.29, 1.82) is 0 Å². The summed E-state index contributed by atoms with van der Waals surface area (Å²) in [5.74, 6) is 2.52. The third-order valence-corrected chi connectivity index (χ3v) is 5.81. The van der Waals surface area contributed by atoms with E-state index in [4.69, 9.17) is 0 Å². The fourth-order valence-electron chi connectivity index (χ4n) is 4.38. The molecular formula is C18H35NO. The molecule has 0 bridgehead atoms. The second-order valence-electron chi connectivity index (χ2n) is 7.57. The first-order valence-electron chi connectivity index (χ1n) is 9.04. The lowest BCUT2D eigenvalue weighted by Gasteiger charge is -2.41. The quantitative estimate of drug-likeness (QED) is 0.839. The molecule has 4 unspecified atom stereocenters. The van der Waals surface area contributed by atoms with Gasteiger partial charge in [-0.3, -0.25) is 4.90 Å². The molecule has 0 aromatic heterocycles. The Balaban J connectivity index is 1.91. The lowest BCUT2D eigenvalue weighted by molar-refractivity contribution is -0.00359. The Morgan fingerprint density at radius 1 is 1.10 bits per heavy atom. The molecule has 1 saturated heterocycles. The van der Waals surface area contributed by atoms with E-state index >= 15 is 0 Å². The Bertz CT molecular complexity index is 279. The van der Waals surface area contributed by atoms with Crippen LogP contribution in [0.2, 0.25) is 0 Å². The van der Waals surface area contributed by atoms with Gasteiger partial charge in [0.1, 0.15) is 0 Å². The molecule has 0 aromatic carbocycles. The standard InChI is InChI=1S/C18H35NO/c1-4-6-15-7-5-11-19(12-10-15)17-13-16(14(2)3)8-9-18(17)20/h14-18,20H,4-13H2,1-3H3. The van der Waals surface area contributed by atoms with E-state index < -0.39 is 0 Å². The van der Waals surface area contributed by atoms with E-state index in [1.807, 2.05) is 0 Å². The van der Waals surface area contributed by atoms with Crippen LogP contribution in [0.5, 0.6) is 0 Å². The largest absolute Gasteiger partial charge is 0.391 e. The maximum Gasteiger partial charge on any atom is 0.0695 e. The van der Waals surface area contributed by atoms with Gasteiger partial charge in [-0.15, -0.1) is 0 Å². The first-order chi connectivity index (χ1) is 9.61. The molecule has 1 N–H and O–H groups in total. The molecule has 2 fully saturated rings. The van der Waals surface area contributed by atoms with E-state index in [-0.39, 0.29) is 6.10 Å². The normalized spacial score (nSPS) is 37.0. The number of nitrogens with zero attached hydrogens (tertiary/aromatic N) is 1. The third kappa shape index (κ3) is 4.21. The van der Waals surface area contributed by atoms with Crippen LogP contribution in [0.15, 0.2) is 0 Å². The maximum atomic E-state index is 10.4.